The largest absolute Gasteiger partial charge is 0.496 e. The van der Waals surface area contributed by atoms with Crippen LogP contribution >= 0.6 is 11.8 Å². The maximum Gasteiger partial charge on any atom is 0.266 e. The number of benzene rings is 2. The molecule has 0 saturated carbocycles. The van der Waals surface area contributed by atoms with Crippen molar-refractivity contribution in [1.29, 1.82) is 0 Å². The Bertz CT molecular complexity index is 1080. The number of hydrogen-bond donors (Lipinski definition) is 0. The monoisotopic (exact) mass is 479 g/mol. The number of hydrogen-bond acceptors (Lipinski definition) is 7. The molecule has 1 amide bonds. The predicted octanol–water partition coefficient (Wildman–Crippen LogP) is 4.31. The lowest BCUT2D eigenvalue weighted by atomic mass is 10.1. The first-order valence-electron chi connectivity index (χ1n) is 11.7. The molecule has 34 heavy (non-hydrogen) atoms. The fourth-order valence-corrected chi connectivity index (χ4v) is 5.33. The van der Waals surface area contributed by atoms with Crippen molar-refractivity contribution in [3.8, 4) is 5.75 Å². The lowest BCUT2D eigenvalue weighted by molar-refractivity contribution is -0.123. The zero-order valence-electron chi connectivity index (χ0n) is 19.3. The average molecular weight is 480 g/mol. The number of morpholine rings is 1. The highest BCUT2D eigenvalue weighted by atomic mass is 32.2. The van der Waals surface area contributed by atoms with Gasteiger partial charge in [0.05, 0.1) is 43.6 Å². The smallest absolute Gasteiger partial charge is 0.266 e. The summed E-state index contributed by atoms with van der Waals surface area (Å²) in [6.45, 7) is 4.43. The quantitative estimate of drug-likeness (QED) is 0.575. The SMILES string of the molecule is COc1cc(N2CCOCC2)ccc1/C=C1\SC(=Nc2ccccc2)N(CC2CCCO2)C1=O. The van der Waals surface area contributed by atoms with Crippen LogP contribution in [0.15, 0.2) is 58.4 Å². The molecule has 2 aromatic rings. The number of para-hydroxylation sites is 1. The van der Waals surface area contributed by atoms with Gasteiger partial charge in [-0.15, -0.1) is 0 Å². The van der Waals surface area contributed by atoms with Crippen LogP contribution in [0.3, 0.4) is 0 Å². The van der Waals surface area contributed by atoms with E-state index in [0.717, 1.165) is 68.4 Å². The molecule has 8 heteroatoms. The summed E-state index contributed by atoms with van der Waals surface area (Å²) in [5.74, 6) is 0.693. The zero-order valence-corrected chi connectivity index (χ0v) is 20.1. The summed E-state index contributed by atoms with van der Waals surface area (Å²) in [5.41, 5.74) is 2.79. The number of nitrogens with zero attached hydrogens (tertiary/aromatic N) is 3. The van der Waals surface area contributed by atoms with Crippen LogP contribution in [0.5, 0.6) is 5.75 Å². The van der Waals surface area contributed by atoms with Gasteiger partial charge in [-0.05, 0) is 54.9 Å². The van der Waals surface area contributed by atoms with Crippen molar-refractivity contribution in [2.45, 2.75) is 18.9 Å². The van der Waals surface area contributed by atoms with Crippen LogP contribution < -0.4 is 9.64 Å². The van der Waals surface area contributed by atoms with Crippen molar-refractivity contribution >= 4 is 40.3 Å². The molecule has 1 atom stereocenters. The molecule has 3 fully saturated rings. The van der Waals surface area contributed by atoms with Gasteiger partial charge in [0.1, 0.15) is 5.75 Å². The Hall–Kier alpha value is -2.81. The summed E-state index contributed by atoms with van der Waals surface area (Å²) >= 11 is 1.40. The van der Waals surface area contributed by atoms with E-state index in [1.807, 2.05) is 48.5 Å². The molecule has 3 aliphatic heterocycles. The molecule has 0 aliphatic carbocycles. The Labute approximate surface area is 204 Å². The molecule has 0 bridgehead atoms. The zero-order chi connectivity index (χ0) is 23.3. The Balaban J connectivity index is 1.43. The molecule has 3 heterocycles. The van der Waals surface area contributed by atoms with Gasteiger partial charge in [-0.3, -0.25) is 9.69 Å². The molecule has 3 aliphatic rings. The number of amidine groups is 1. The highest BCUT2D eigenvalue weighted by Gasteiger charge is 2.36. The third-order valence-corrected chi connectivity index (χ3v) is 7.17. The van der Waals surface area contributed by atoms with Crippen LogP contribution in [0.4, 0.5) is 11.4 Å². The number of carbonyl (C=O) groups excluding carboxylic acids is 1. The Morgan fingerprint density at radius 1 is 1.15 bits per heavy atom. The molecular formula is C26H29N3O4S. The second-order valence-electron chi connectivity index (χ2n) is 8.42. The summed E-state index contributed by atoms with van der Waals surface area (Å²) < 4.78 is 17.0. The van der Waals surface area contributed by atoms with Crippen LogP contribution in [0.1, 0.15) is 18.4 Å². The number of anilines is 1. The first kappa shape index (κ1) is 23.0. The minimum Gasteiger partial charge on any atom is -0.496 e. The molecule has 0 spiro atoms. The molecule has 178 valence electrons. The molecule has 7 nitrogen and oxygen atoms in total. The third-order valence-electron chi connectivity index (χ3n) is 6.16. The maximum absolute atomic E-state index is 13.4. The van der Waals surface area contributed by atoms with E-state index < -0.39 is 0 Å². The van der Waals surface area contributed by atoms with Gasteiger partial charge in [-0.2, -0.15) is 0 Å². The molecule has 0 N–H and O–H groups in total. The number of thioether (sulfide) groups is 1. The topological polar surface area (TPSA) is 63.6 Å². The molecule has 0 radical (unpaired) electrons. The standard InChI is InChI=1S/C26H29N3O4S/c1-31-23-17-21(28-11-14-32-15-12-28)10-9-19(23)16-24-25(30)29(18-22-8-5-13-33-22)26(34-24)27-20-6-3-2-4-7-20/h2-4,6-7,9-10,16-17,22H,5,8,11-15,18H2,1H3/b24-16-,27-26?. The van der Waals surface area contributed by atoms with Crippen LogP contribution in [0, 0.1) is 0 Å². The summed E-state index contributed by atoms with van der Waals surface area (Å²) in [5, 5.41) is 0.682. The fourth-order valence-electron chi connectivity index (χ4n) is 4.34. The Morgan fingerprint density at radius 2 is 1.97 bits per heavy atom. The second-order valence-corrected chi connectivity index (χ2v) is 9.43. The van der Waals surface area contributed by atoms with Gasteiger partial charge in [0, 0.05) is 37.0 Å². The number of aliphatic imine (C=N–C) groups is 1. The van der Waals surface area contributed by atoms with Crippen molar-refractivity contribution in [3.63, 3.8) is 0 Å². The average Bonchev–Trinajstić information content (AvgIpc) is 3.50. The van der Waals surface area contributed by atoms with Gasteiger partial charge in [-0.1, -0.05) is 18.2 Å². The number of rotatable bonds is 6. The van der Waals surface area contributed by atoms with E-state index in [1.165, 1.54) is 11.8 Å². The van der Waals surface area contributed by atoms with Crippen molar-refractivity contribution < 1.29 is 19.0 Å². The van der Waals surface area contributed by atoms with E-state index in [9.17, 15) is 4.79 Å². The molecule has 2 aromatic carbocycles. The second kappa shape index (κ2) is 10.6. The van der Waals surface area contributed by atoms with Gasteiger partial charge < -0.3 is 19.1 Å². The number of methoxy groups -OCH3 is 1. The lowest BCUT2D eigenvalue weighted by Crippen LogP contribution is -2.36. The van der Waals surface area contributed by atoms with E-state index >= 15 is 0 Å². The van der Waals surface area contributed by atoms with E-state index in [4.69, 9.17) is 19.2 Å². The minimum atomic E-state index is -0.0468. The number of carbonyl (C=O) groups is 1. The van der Waals surface area contributed by atoms with Gasteiger partial charge in [-0.25, -0.2) is 4.99 Å². The third kappa shape index (κ3) is 5.14. The number of amides is 1. The summed E-state index contributed by atoms with van der Waals surface area (Å²) in [6.07, 6.45) is 3.95. The van der Waals surface area contributed by atoms with Gasteiger partial charge in [0.15, 0.2) is 5.17 Å². The molecule has 3 saturated heterocycles. The van der Waals surface area contributed by atoms with Crippen LogP contribution in [0.2, 0.25) is 0 Å². The molecule has 5 rings (SSSR count). The fraction of sp³-hybridized carbons (Fsp3) is 0.385. The van der Waals surface area contributed by atoms with Crippen LogP contribution in [0.25, 0.3) is 6.08 Å². The highest BCUT2D eigenvalue weighted by Crippen LogP contribution is 2.37. The van der Waals surface area contributed by atoms with Crippen molar-refractivity contribution in [2.24, 2.45) is 4.99 Å². The van der Waals surface area contributed by atoms with Crippen molar-refractivity contribution in [1.82, 2.24) is 4.90 Å². The molecule has 1 unspecified atom stereocenters. The molecular weight excluding hydrogens is 450 g/mol. The summed E-state index contributed by atoms with van der Waals surface area (Å²) in [7, 11) is 1.66. The highest BCUT2D eigenvalue weighted by molar-refractivity contribution is 8.18. The minimum absolute atomic E-state index is 0.0468. The van der Waals surface area contributed by atoms with Gasteiger partial charge >= 0.3 is 0 Å². The summed E-state index contributed by atoms with van der Waals surface area (Å²) in [6, 6.07) is 15.9. The van der Waals surface area contributed by atoms with E-state index in [1.54, 1.807) is 12.0 Å². The number of ether oxygens (including phenoxy) is 3. The van der Waals surface area contributed by atoms with Crippen molar-refractivity contribution in [2.75, 3.05) is 51.5 Å². The van der Waals surface area contributed by atoms with Crippen molar-refractivity contribution in [3.05, 3.63) is 59.0 Å². The van der Waals surface area contributed by atoms with Crippen LogP contribution in [-0.4, -0.2) is 68.6 Å². The Morgan fingerprint density at radius 3 is 2.71 bits per heavy atom. The molecule has 0 aromatic heterocycles. The van der Waals surface area contributed by atoms with Gasteiger partial charge in [0.25, 0.3) is 5.91 Å². The maximum atomic E-state index is 13.4. The first-order chi connectivity index (χ1) is 16.7. The predicted molar refractivity (Wildman–Crippen MR) is 136 cm³/mol. The van der Waals surface area contributed by atoms with Gasteiger partial charge in [0.2, 0.25) is 0 Å². The van der Waals surface area contributed by atoms with E-state index in [0.29, 0.717) is 16.6 Å². The first-order valence-corrected chi connectivity index (χ1v) is 12.5. The van der Waals surface area contributed by atoms with E-state index in [-0.39, 0.29) is 12.0 Å². The Kier molecular flexibility index (Phi) is 7.18. The van der Waals surface area contributed by atoms with E-state index in [2.05, 4.69) is 11.0 Å². The van der Waals surface area contributed by atoms with Crippen LogP contribution in [-0.2, 0) is 14.3 Å². The summed E-state index contributed by atoms with van der Waals surface area (Å²) in [4.78, 5) is 22.9. The lowest BCUT2D eigenvalue weighted by Gasteiger charge is -2.29. The normalized spacial score (nSPS) is 23.3.